The first kappa shape index (κ1) is 17.0. The molecule has 0 amide bonds. The Hall–Kier alpha value is -3.14. The van der Waals surface area contributed by atoms with Gasteiger partial charge in [0.05, 0.1) is 17.8 Å². The van der Waals surface area contributed by atoms with E-state index in [-0.39, 0.29) is 11.6 Å². The summed E-state index contributed by atoms with van der Waals surface area (Å²) in [6.45, 7) is 0.984. The maximum absolute atomic E-state index is 13.2. The number of hydrogen-bond donors (Lipinski definition) is 1. The number of benzene rings is 1. The predicted octanol–water partition coefficient (Wildman–Crippen LogP) is 3.38. The summed E-state index contributed by atoms with van der Waals surface area (Å²) < 4.78 is 51.7. The average molecular weight is 390 g/mol. The van der Waals surface area contributed by atoms with Crippen molar-refractivity contribution in [3.8, 4) is 5.69 Å². The number of aromatic nitrogens is 4. The zero-order valence-electron chi connectivity index (χ0n) is 14.3. The van der Waals surface area contributed by atoms with Gasteiger partial charge in [-0.3, -0.25) is 9.55 Å². The SMILES string of the molecule is O=c1[nH]c2ccc(-n3c(C4CCOC4)nc4ccc(C(F)(F)F)nc43)cc2o1. The van der Waals surface area contributed by atoms with E-state index >= 15 is 0 Å². The number of nitrogens with zero attached hydrogens (tertiary/aromatic N) is 3. The summed E-state index contributed by atoms with van der Waals surface area (Å²) in [5.41, 5.74) is 0.744. The van der Waals surface area contributed by atoms with Gasteiger partial charge in [0.15, 0.2) is 11.2 Å². The van der Waals surface area contributed by atoms with E-state index in [2.05, 4.69) is 15.0 Å². The van der Waals surface area contributed by atoms with Gasteiger partial charge in [0.1, 0.15) is 17.0 Å². The first-order valence-electron chi connectivity index (χ1n) is 8.58. The molecule has 1 aromatic carbocycles. The molecule has 1 unspecified atom stereocenters. The highest BCUT2D eigenvalue weighted by molar-refractivity contribution is 5.79. The fourth-order valence-corrected chi connectivity index (χ4v) is 3.47. The number of alkyl halides is 3. The second-order valence-corrected chi connectivity index (χ2v) is 6.60. The molecule has 5 rings (SSSR count). The van der Waals surface area contributed by atoms with Crippen molar-refractivity contribution >= 4 is 22.3 Å². The number of hydrogen-bond acceptors (Lipinski definition) is 5. The van der Waals surface area contributed by atoms with Crippen LogP contribution in [0.3, 0.4) is 0 Å². The fourth-order valence-electron chi connectivity index (χ4n) is 3.47. The molecule has 0 bridgehead atoms. The summed E-state index contributed by atoms with van der Waals surface area (Å²) in [5.74, 6) is -0.112. The van der Waals surface area contributed by atoms with Gasteiger partial charge in [0.2, 0.25) is 0 Å². The molecule has 28 heavy (non-hydrogen) atoms. The van der Waals surface area contributed by atoms with Crippen LogP contribution in [0.4, 0.5) is 13.2 Å². The lowest BCUT2D eigenvalue weighted by Gasteiger charge is -2.13. The van der Waals surface area contributed by atoms with Crippen LogP contribution in [-0.4, -0.2) is 32.7 Å². The van der Waals surface area contributed by atoms with Crippen LogP contribution in [0.15, 0.2) is 39.5 Å². The first-order valence-corrected chi connectivity index (χ1v) is 8.58. The molecule has 4 aromatic rings. The highest BCUT2D eigenvalue weighted by Crippen LogP contribution is 2.33. The summed E-state index contributed by atoms with van der Waals surface area (Å²) in [6.07, 6.45) is -3.87. The van der Waals surface area contributed by atoms with Gasteiger partial charge in [-0.25, -0.2) is 14.8 Å². The quantitative estimate of drug-likeness (QED) is 0.567. The van der Waals surface area contributed by atoms with Crippen LogP contribution >= 0.6 is 0 Å². The molecule has 1 atom stereocenters. The maximum atomic E-state index is 13.2. The average Bonchev–Trinajstić information content (AvgIpc) is 3.36. The minimum Gasteiger partial charge on any atom is -0.408 e. The molecule has 7 nitrogen and oxygen atoms in total. The van der Waals surface area contributed by atoms with Crippen LogP contribution in [0.2, 0.25) is 0 Å². The predicted molar refractivity (Wildman–Crippen MR) is 92.4 cm³/mol. The third-order valence-corrected chi connectivity index (χ3v) is 4.78. The number of fused-ring (bicyclic) bond motifs is 2. The van der Waals surface area contributed by atoms with Crippen LogP contribution in [0, 0.1) is 0 Å². The van der Waals surface area contributed by atoms with Crippen LogP contribution in [0.5, 0.6) is 0 Å². The van der Waals surface area contributed by atoms with Gasteiger partial charge in [-0.15, -0.1) is 0 Å². The van der Waals surface area contributed by atoms with Gasteiger partial charge in [-0.1, -0.05) is 0 Å². The topological polar surface area (TPSA) is 85.9 Å². The van der Waals surface area contributed by atoms with Crippen molar-refractivity contribution in [2.45, 2.75) is 18.5 Å². The monoisotopic (exact) mass is 390 g/mol. The van der Waals surface area contributed by atoms with E-state index in [1.807, 2.05) is 0 Å². The lowest BCUT2D eigenvalue weighted by Crippen LogP contribution is -2.10. The number of ether oxygens (including phenoxy) is 1. The van der Waals surface area contributed by atoms with Gasteiger partial charge in [-0.2, -0.15) is 13.2 Å². The molecule has 1 aliphatic rings. The highest BCUT2D eigenvalue weighted by atomic mass is 19.4. The van der Waals surface area contributed by atoms with E-state index < -0.39 is 17.6 Å². The fraction of sp³-hybridized carbons (Fsp3) is 0.278. The van der Waals surface area contributed by atoms with Crippen molar-refractivity contribution in [2.24, 2.45) is 0 Å². The molecule has 10 heteroatoms. The molecule has 1 N–H and O–H groups in total. The summed E-state index contributed by atoms with van der Waals surface area (Å²) in [5, 5.41) is 0. The Balaban J connectivity index is 1.79. The molecule has 1 saturated heterocycles. The molecule has 0 spiro atoms. The number of imidazole rings is 1. The number of halogens is 3. The Morgan fingerprint density at radius 1 is 1.18 bits per heavy atom. The second-order valence-electron chi connectivity index (χ2n) is 6.60. The Kier molecular flexibility index (Phi) is 3.60. The number of aromatic amines is 1. The van der Waals surface area contributed by atoms with E-state index in [9.17, 15) is 18.0 Å². The van der Waals surface area contributed by atoms with Gasteiger partial charge in [0.25, 0.3) is 0 Å². The summed E-state index contributed by atoms with van der Waals surface area (Å²) in [4.78, 5) is 22.3. The first-order chi connectivity index (χ1) is 13.4. The lowest BCUT2D eigenvalue weighted by molar-refractivity contribution is -0.141. The zero-order valence-corrected chi connectivity index (χ0v) is 14.3. The Morgan fingerprint density at radius 3 is 2.79 bits per heavy atom. The minimum absolute atomic E-state index is 0.0718. The maximum Gasteiger partial charge on any atom is 0.433 e. The Bertz CT molecular complexity index is 1250. The third-order valence-electron chi connectivity index (χ3n) is 4.78. The molecule has 0 saturated carbocycles. The van der Waals surface area contributed by atoms with Crippen LogP contribution in [-0.2, 0) is 10.9 Å². The van der Waals surface area contributed by atoms with E-state index in [0.717, 1.165) is 6.07 Å². The van der Waals surface area contributed by atoms with E-state index in [0.29, 0.717) is 47.8 Å². The van der Waals surface area contributed by atoms with Gasteiger partial charge in [0, 0.05) is 18.6 Å². The van der Waals surface area contributed by atoms with E-state index in [4.69, 9.17) is 9.15 Å². The van der Waals surface area contributed by atoms with Gasteiger partial charge >= 0.3 is 11.9 Å². The molecular formula is C18H13F3N4O3. The third kappa shape index (κ3) is 2.68. The van der Waals surface area contributed by atoms with Gasteiger partial charge < -0.3 is 9.15 Å². The summed E-state index contributed by atoms with van der Waals surface area (Å²) in [6, 6.07) is 7.12. The molecule has 1 fully saturated rings. The molecule has 4 heterocycles. The number of pyridine rings is 1. The van der Waals surface area contributed by atoms with E-state index in [1.165, 1.54) is 6.07 Å². The summed E-state index contributed by atoms with van der Waals surface area (Å²) in [7, 11) is 0. The molecule has 1 aliphatic heterocycles. The van der Waals surface area contributed by atoms with Crippen molar-refractivity contribution in [3.05, 3.63) is 52.4 Å². The van der Waals surface area contributed by atoms with Gasteiger partial charge in [-0.05, 0) is 30.7 Å². The zero-order chi connectivity index (χ0) is 19.5. The van der Waals surface area contributed by atoms with Crippen molar-refractivity contribution < 1.29 is 22.3 Å². The molecule has 144 valence electrons. The molecular weight excluding hydrogens is 377 g/mol. The lowest BCUT2D eigenvalue weighted by atomic mass is 10.1. The number of nitrogens with one attached hydrogen (secondary N) is 1. The smallest absolute Gasteiger partial charge is 0.408 e. The normalized spacial score (nSPS) is 17.8. The highest BCUT2D eigenvalue weighted by Gasteiger charge is 2.34. The van der Waals surface area contributed by atoms with Crippen LogP contribution < -0.4 is 5.76 Å². The Labute approximate surface area is 154 Å². The Morgan fingerprint density at radius 2 is 2.04 bits per heavy atom. The standard InChI is InChI=1S/C18H13F3N4O3/c19-18(20,21)14-4-3-12-16(24-14)25(15(22-12)9-5-6-27-8-9)10-1-2-11-13(7-10)28-17(26)23-11/h1-4,7,9H,5-6,8H2,(H,23,26). The van der Waals surface area contributed by atoms with Crippen LogP contribution in [0.25, 0.3) is 28.0 Å². The van der Waals surface area contributed by atoms with Crippen molar-refractivity contribution in [3.63, 3.8) is 0 Å². The van der Waals surface area contributed by atoms with Crippen molar-refractivity contribution in [1.29, 1.82) is 0 Å². The minimum atomic E-state index is -4.57. The van der Waals surface area contributed by atoms with Crippen molar-refractivity contribution in [2.75, 3.05) is 13.2 Å². The van der Waals surface area contributed by atoms with Crippen LogP contribution in [0.1, 0.15) is 23.9 Å². The molecule has 3 aromatic heterocycles. The second kappa shape index (κ2) is 5.93. The largest absolute Gasteiger partial charge is 0.433 e. The number of H-pyrrole nitrogens is 1. The van der Waals surface area contributed by atoms with E-state index in [1.54, 1.807) is 22.8 Å². The molecule has 0 radical (unpaired) electrons. The van der Waals surface area contributed by atoms with Crippen molar-refractivity contribution in [1.82, 2.24) is 19.5 Å². The number of oxazole rings is 1. The summed E-state index contributed by atoms with van der Waals surface area (Å²) >= 11 is 0. The number of rotatable bonds is 2. The molecule has 0 aliphatic carbocycles.